The molecule has 0 unspecified atom stereocenters. The van der Waals surface area contributed by atoms with Crippen LogP contribution in [-0.2, 0) is 13.6 Å². The molecule has 1 saturated heterocycles. The van der Waals surface area contributed by atoms with Crippen LogP contribution in [0.5, 0.6) is 0 Å². The fourth-order valence-electron chi connectivity index (χ4n) is 4.11. The maximum absolute atomic E-state index is 14.6. The van der Waals surface area contributed by atoms with E-state index in [1.54, 1.807) is 37.6 Å². The summed E-state index contributed by atoms with van der Waals surface area (Å²) in [6.45, 7) is 5.21. The molecule has 0 saturated carbocycles. The first-order valence-corrected chi connectivity index (χ1v) is 10.6. The van der Waals surface area contributed by atoms with Gasteiger partial charge in [-0.05, 0) is 45.2 Å². The molecule has 0 spiro atoms. The van der Waals surface area contributed by atoms with Gasteiger partial charge in [-0.25, -0.2) is 9.18 Å². The Labute approximate surface area is 178 Å². The number of hydrogen-bond acceptors (Lipinski definition) is 4. The third-order valence-corrected chi connectivity index (χ3v) is 6.05. The SMILES string of the molecule is CC(C)n1c(=O)c2c(nc(N3CCCCC3)n2Cc2c(F)cccc2Cl)n(C)c1=O. The molecule has 0 bridgehead atoms. The van der Waals surface area contributed by atoms with Gasteiger partial charge >= 0.3 is 5.69 Å². The van der Waals surface area contributed by atoms with E-state index < -0.39 is 17.1 Å². The third-order valence-electron chi connectivity index (χ3n) is 5.69. The van der Waals surface area contributed by atoms with Gasteiger partial charge in [0.2, 0.25) is 5.95 Å². The fraction of sp³-hybridized carbons (Fsp3) is 0.476. The number of halogens is 2. The Morgan fingerprint density at radius 2 is 1.87 bits per heavy atom. The van der Waals surface area contributed by atoms with E-state index in [0.717, 1.165) is 32.4 Å². The molecular weight excluding hydrogens is 409 g/mol. The van der Waals surface area contributed by atoms with E-state index in [0.29, 0.717) is 17.2 Å². The Morgan fingerprint density at radius 3 is 2.50 bits per heavy atom. The van der Waals surface area contributed by atoms with Gasteiger partial charge in [-0.1, -0.05) is 17.7 Å². The van der Waals surface area contributed by atoms with Crippen molar-refractivity contribution >= 4 is 28.7 Å². The molecule has 7 nitrogen and oxygen atoms in total. The zero-order valence-corrected chi connectivity index (χ0v) is 18.1. The molecule has 160 valence electrons. The number of imidazole rings is 1. The normalized spacial score (nSPS) is 14.8. The largest absolute Gasteiger partial charge is 0.342 e. The minimum absolute atomic E-state index is 0.0549. The van der Waals surface area contributed by atoms with Crippen molar-refractivity contribution in [1.29, 1.82) is 0 Å². The molecule has 4 rings (SSSR count). The number of fused-ring (bicyclic) bond motifs is 1. The van der Waals surface area contributed by atoms with Crippen LogP contribution in [-0.4, -0.2) is 31.8 Å². The van der Waals surface area contributed by atoms with Crippen LogP contribution in [0, 0.1) is 5.82 Å². The van der Waals surface area contributed by atoms with Gasteiger partial charge < -0.3 is 4.90 Å². The average Bonchev–Trinajstić information content (AvgIpc) is 3.09. The molecule has 0 atom stereocenters. The maximum Gasteiger partial charge on any atom is 0.332 e. The average molecular weight is 434 g/mol. The zero-order chi connectivity index (χ0) is 21.6. The molecule has 1 aliphatic heterocycles. The smallest absolute Gasteiger partial charge is 0.332 e. The number of aryl methyl sites for hydroxylation is 1. The van der Waals surface area contributed by atoms with Crippen molar-refractivity contribution in [1.82, 2.24) is 18.7 Å². The van der Waals surface area contributed by atoms with Crippen molar-refractivity contribution in [2.75, 3.05) is 18.0 Å². The van der Waals surface area contributed by atoms with Gasteiger partial charge in [-0.15, -0.1) is 0 Å². The highest BCUT2D eigenvalue weighted by Gasteiger charge is 2.26. The molecule has 3 aromatic rings. The molecule has 1 aromatic carbocycles. The lowest BCUT2D eigenvalue weighted by Crippen LogP contribution is -2.40. The first-order chi connectivity index (χ1) is 14.3. The topological polar surface area (TPSA) is 65.1 Å². The molecule has 2 aromatic heterocycles. The molecule has 30 heavy (non-hydrogen) atoms. The molecule has 0 amide bonds. The van der Waals surface area contributed by atoms with Crippen LogP contribution in [0.1, 0.15) is 44.7 Å². The minimum Gasteiger partial charge on any atom is -0.342 e. The molecule has 9 heteroatoms. The number of piperidine rings is 1. The number of anilines is 1. The molecule has 0 aliphatic carbocycles. The van der Waals surface area contributed by atoms with E-state index in [1.807, 2.05) is 0 Å². The van der Waals surface area contributed by atoms with E-state index in [9.17, 15) is 14.0 Å². The Hall–Kier alpha value is -2.61. The first kappa shape index (κ1) is 20.7. The van der Waals surface area contributed by atoms with Crippen LogP contribution in [0.25, 0.3) is 11.2 Å². The summed E-state index contributed by atoms with van der Waals surface area (Å²) in [5, 5.41) is 0.287. The Bertz CT molecular complexity index is 1200. The van der Waals surface area contributed by atoms with Gasteiger partial charge in [0, 0.05) is 36.8 Å². The van der Waals surface area contributed by atoms with Crippen LogP contribution in [0.3, 0.4) is 0 Å². The molecular formula is C21H25ClFN5O2. The molecule has 1 aliphatic rings. The lowest BCUT2D eigenvalue weighted by Gasteiger charge is -2.28. The monoisotopic (exact) mass is 433 g/mol. The second-order valence-electron chi connectivity index (χ2n) is 8.03. The van der Waals surface area contributed by atoms with Gasteiger partial charge in [-0.3, -0.25) is 18.5 Å². The van der Waals surface area contributed by atoms with Gasteiger partial charge in [0.15, 0.2) is 11.2 Å². The van der Waals surface area contributed by atoms with Crippen molar-refractivity contribution in [3.05, 3.63) is 55.4 Å². The fourth-order valence-corrected chi connectivity index (χ4v) is 4.33. The van der Waals surface area contributed by atoms with Crippen molar-refractivity contribution < 1.29 is 4.39 Å². The summed E-state index contributed by atoms with van der Waals surface area (Å²) >= 11 is 6.29. The Morgan fingerprint density at radius 1 is 1.17 bits per heavy atom. The summed E-state index contributed by atoms with van der Waals surface area (Å²) in [5.41, 5.74) is 0.0364. The number of hydrogen-bond donors (Lipinski definition) is 0. The highest BCUT2D eigenvalue weighted by Crippen LogP contribution is 2.27. The van der Waals surface area contributed by atoms with E-state index >= 15 is 0 Å². The number of aromatic nitrogens is 4. The van der Waals surface area contributed by atoms with Gasteiger partial charge in [0.25, 0.3) is 5.56 Å². The third kappa shape index (κ3) is 3.33. The molecule has 3 heterocycles. The van der Waals surface area contributed by atoms with Crippen LogP contribution in [0.2, 0.25) is 5.02 Å². The summed E-state index contributed by atoms with van der Waals surface area (Å²) in [5.74, 6) is 0.126. The van der Waals surface area contributed by atoms with Gasteiger partial charge in [-0.2, -0.15) is 4.98 Å². The van der Waals surface area contributed by atoms with Crippen molar-refractivity contribution in [3.8, 4) is 0 Å². The minimum atomic E-state index is -0.442. The molecule has 0 radical (unpaired) electrons. The highest BCUT2D eigenvalue weighted by atomic mass is 35.5. The van der Waals surface area contributed by atoms with Gasteiger partial charge in [0.1, 0.15) is 5.82 Å². The van der Waals surface area contributed by atoms with Crippen molar-refractivity contribution in [2.24, 2.45) is 7.05 Å². The number of rotatable bonds is 4. The standard InChI is InChI=1S/C21H25ClFN5O2/c1-13(2)28-19(29)17-18(25(3)21(28)30)24-20(26-10-5-4-6-11-26)27(17)12-14-15(22)8-7-9-16(14)23/h7-9,13H,4-6,10-12H2,1-3H3. The zero-order valence-electron chi connectivity index (χ0n) is 17.4. The summed E-state index contributed by atoms with van der Waals surface area (Å²) in [6, 6.07) is 4.21. The molecule has 1 fully saturated rings. The van der Waals surface area contributed by atoms with E-state index in [-0.39, 0.29) is 23.1 Å². The van der Waals surface area contributed by atoms with E-state index in [1.165, 1.54) is 15.2 Å². The van der Waals surface area contributed by atoms with Crippen molar-refractivity contribution in [2.45, 2.75) is 45.7 Å². The van der Waals surface area contributed by atoms with E-state index in [2.05, 4.69) is 9.88 Å². The summed E-state index contributed by atoms with van der Waals surface area (Å²) < 4.78 is 18.9. The Balaban J connectivity index is 2.04. The highest BCUT2D eigenvalue weighted by molar-refractivity contribution is 6.31. The van der Waals surface area contributed by atoms with Crippen LogP contribution < -0.4 is 16.1 Å². The van der Waals surface area contributed by atoms with Crippen molar-refractivity contribution in [3.63, 3.8) is 0 Å². The second kappa shape index (κ2) is 7.91. The van der Waals surface area contributed by atoms with Crippen LogP contribution in [0.4, 0.5) is 10.3 Å². The second-order valence-corrected chi connectivity index (χ2v) is 8.44. The Kier molecular flexibility index (Phi) is 5.44. The van der Waals surface area contributed by atoms with Crippen LogP contribution >= 0.6 is 11.6 Å². The quantitative estimate of drug-likeness (QED) is 0.633. The number of nitrogens with zero attached hydrogens (tertiary/aromatic N) is 5. The summed E-state index contributed by atoms with van der Waals surface area (Å²) in [6.07, 6.45) is 3.16. The summed E-state index contributed by atoms with van der Waals surface area (Å²) in [4.78, 5) is 32.9. The van der Waals surface area contributed by atoms with E-state index in [4.69, 9.17) is 11.6 Å². The molecule has 0 N–H and O–H groups in total. The predicted molar refractivity (Wildman–Crippen MR) is 116 cm³/mol. The lowest BCUT2D eigenvalue weighted by atomic mass is 10.1. The maximum atomic E-state index is 14.6. The summed E-state index contributed by atoms with van der Waals surface area (Å²) in [7, 11) is 1.61. The number of benzene rings is 1. The van der Waals surface area contributed by atoms with Crippen LogP contribution in [0.15, 0.2) is 27.8 Å². The first-order valence-electron chi connectivity index (χ1n) is 10.2. The lowest BCUT2D eigenvalue weighted by molar-refractivity contribution is 0.528. The predicted octanol–water partition coefficient (Wildman–Crippen LogP) is 3.31. The van der Waals surface area contributed by atoms with Gasteiger partial charge in [0.05, 0.1) is 6.54 Å².